The van der Waals surface area contributed by atoms with Gasteiger partial charge in [-0.15, -0.1) is 0 Å². The Kier molecular flexibility index (Phi) is 29.2. The zero-order valence-electron chi connectivity index (χ0n) is 18.3. The topological polar surface area (TPSA) is 49.7 Å². The van der Waals surface area contributed by atoms with Gasteiger partial charge in [-0.05, 0) is 37.5 Å². The highest BCUT2D eigenvalue weighted by atomic mass is 31.0. The Morgan fingerprint density at radius 2 is 1.20 bits per heavy atom. The molecule has 5 atom stereocenters. The van der Waals surface area contributed by atoms with Crippen molar-refractivity contribution in [2.45, 2.75) is 118 Å². The molecule has 0 aliphatic heterocycles. The number of aliphatic hydroxyl groups excluding tert-OH is 2. The summed E-state index contributed by atoms with van der Waals surface area (Å²) in [6.07, 6.45) is 12.9. The Hall–Kier alpha value is 0.310. The molecule has 0 heterocycles. The van der Waals surface area contributed by atoms with Crippen LogP contribution >= 0.6 is 9.47 Å². The molecule has 2 aliphatic rings. The molecule has 2 aliphatic carbocycles. The lowest BCUT2D eigenvalue weighted by Crippen LogP contribution is -2.17. The van der Waals surface area contributed by atoms with Crippen LogP contribution in [0.15, 0.2) is 0 Å². The first-order chi connectivity index (χ1) is 11.9. The maximum Gasteiger partial charge on any atom is 0.0613 e. The van der Waals surface area contributed by atoms with Crippen LogP contribution in [-0.2, 0) is 4.52 Å². The smallest absolute Gasteiger partial charge is 0.0613 e. The van der Waals surface area contributed by atoms with Crippen LogP contribution in [0.5, 0.6) is 0 Å². The van der Waals surface area contributed by atoms with Gasteiger partial charge >= 0.3 is 0 Å². The molecule has 0 aromatic rings. The lowest BCUT2D eigenvalue weighted by Gasteiger charge is -2.24. The maximum atomic E-state index is 9.08. The molecule has 0 aromatic heterocycles. The van der Waals surface area contributed by atoms with Gasteiger partial charge in [0.1, 0.15) is 0 Å². The van der Waals surface area contributed by atoms with Gasteiger partial charge in [0, 0.05) is 16.6 Å². The van der Waals surface area contributed by atoms with Crippen LogP contribution in [-0.4, -0.2) is 29.5 Å². The molecule has 2 fully saturated rings. The summed E-state index contributed by atoms with van der Waals surface area (Å²) in [4.78, 5) is 0. The van der Waals surface area contributed by atoms with Crippen molar-refractivity contribution in [2.75, 3.05) is 7.11 Å². The van der Waals surface area contributed by atoms with Crippen LogP contribution in [0, 0.1) is 11.8 Å². The van der Waals surface area contributed by atoms with Gasteiger partial charge < -0.3 is 14.7 Å². The van der Waals surface area contributed by atoms with Gasteiger partial charge in [0.2, 0.25) is 0 Å². The molecule has 0 aromatic carbocycles. The molecule has 0 amide bonds. The standard InChI is InChI=1S/C7H15OP.C7H14O.2C3H8.CH4O/c1-6-3-2-4-7(5-6)8-9;1-6-3-2-4-7(8)5-6;2*1-3-2;1-2/h6-7H,2-5,9H2,1H3;6-8H,2-5H2,1H3;2*3H2,1-2H3;2H,1H3. The fraction of sp³-hybridized carbons (Fsp3) is 1.00. The van der Waals surface area contributed by atoms with Crippen molar-refractivity contribution >= 4 is 9.47 Å². The van der Waals surface area contributed by atoms with Gasteiger partial charge in [-0.2, -0.15) is 0 Å². The minimum atomic E-state index is 0.0127. The van der Waals surface area contributed by atoms with Crippen molar-refractivity contribution in [1.29, 1.82) is 0 Å². The summed E-state index contributed by atoms with van der Waals surface area (Å²) in [5, 5.41) is 16.1. The second kappa shape index (κ2) is 24.3. The average Bonchev–Trinajstić information content (AvgIpc) is 2.58. The third kappa shape index (κ3) is 24.3. The van der Waals surface area contributed by atoms with Crippen LogP contribution in [0.4, 0.5) is 0 Å². The Labute approximate surface area is 161 Å². The van der Waals surface area contributed by atoms with Crippen LogP contribution in [0.1, 0.15) is 106 Å². The fourth-order valence-electron chi connectivity index (χ4n) is 2.90. The van der Waals surface area contributed by atoms with E-state index in [1.807, 2.05) is 0 Å². The molecule has 0 saturated heterocycles. The van der Waals surface area contributed by atoms with E-state index in [9.17, 15) is 0 Å². The molecule has 2 rings (SSSR count). The highest BCUT2D eigenvalue weighted by Crippen LogP contribution is 2.26. The summed E-state index contributed by atoms with van der Waals surface area (Å²) in [5.74, 6) is 1.64. The quantitative estimate of drug-likeness (QED) is 0.520. The summed E-state index contributed by atoms with van der Waals surface area (Å²) < 4.78 is 5.18. The van der Waals surface area contributed by atoms with E-state index >= 15 is 0 Å². The van der Waals surface area contributed by atoms with Crippen molar-refractivity contribution in [1.82, 2.24) is 0 Å². The molecule has 0 spiro atoms. The normalized spacial score (nSPS) is 27.6. The third-order valence-corrected chi connectivity index (χ3v) is 4.37. The third-order valence-electron chi connectivity index (χ3n) is 3.99. The van der Waals surface area contributed by atoms with E-state index in [0.29, 0.717) is 6.10 Å². The average molecular weight is 381 g/mol. The first-order valence-electron chi connectivity index (χ1n) is 10.4. The summed E-state index contributed by atoms with van der Waals surface area (Å²) in [6, 6.07) is 0. The first kappa shape index (κ1) is 30.1. The van der Waals surface area contributed by atoms with Gasteiger partial charge in [-0.1, -0.05) is 80.1 Å². The summed E-state index contributed by atoms with van der Waals surface area (Å²) in [7, 11) is 3.36. The van der Waals surface area contributed by atoms with Crippen molar-refractivity contribution in [3.8, 4) is 0 Å². The summed E-state index contributed by atoms with van der Waals surface area (Å²) in [5.41, 5.74) is 0. The molecule has 25 heavy (non-hydrogen) atoms. The lowest BCUT2D eigenvalue weighted by molar-refractivity contribution is 0.106. The predicted octanol–water partition coefficient (Wildman–Crippen LogP) is 6.37. The van der Waals surface area contributed by atoms with E-state index in [0.717, 1.165) is 31.8 Å². The Morgan fingerprint density at radius 1 is 0.800 bits per heavy atom. The number of rotatable bonds is 1. The van der Waals surface area contributed by atoms with Crippen molar-refractivity contribution in [3.05, 3.63) is 0 Å². The molecule has 3 nitrogen and oxygen atoms in total. The molecule has 2 saturated carbocycles. The molecule has 0 radical (unpaired) electrons. The van der Waals surface area contributed by atoms with Crippen LogP contribution in [0.3, 0.4) is 0 Å². The first-order valence-corrected chi connectivity index (χ1v) is 10.9. The Balaban J connectivity index is -0.000000277. The van der Waals surface area contributed by atoms with E-state index in [2.05, 4.69) is 51.0 Å². The molecule has 5 unspecified atom stereocenters. The van der Waals surface area contributed by atoms with Gasteiger partial charge in [0.15, 0.2) is 0 Å². The van der Waals surface area contributed by atoms with E-state index in [4.69, 9.17) is 14.7 Å². The monoisotopic (exact) mass is 380 g/mol. The van der Waals surface area contributed by atoms with E-state index < -0.39 is 0 Å². The van der Waals surface area contributed by atoms with Crippen LogP contribution in [0.25, 0.3) is 0 Å². The molecular formula is C21H49O3P. The summed E-state index contributed by atoms with van der Waals surface area (Å²) >= 11 is 0. The van der Waals surface area contributed by atoms with Crippen LogP contribution in [0.2, 0.25) is 0 Å². The minimum Gasteiger partial charge on any atom is -0.400 e. The Bertz CT molecular complexity index is 217. The molecule has 2 N–H and O–H groups in total. The Morgan fingerprint density at radius 3 is 1.44 bits per heavy atom. The van der Waals surface area contributed by atoms with Crippen molar-refractivity contribution < 1.29 is 14.7 Å². The number of hydrogen-bond donors (Lipinski definition) is 2. The van der Waals surface area contributed by atoms with Gasteiger partial charge in [0.25, 0.3) is 0 Å². The second-order valence-corrected chi connectivity index (χ2v) is 7.64. The zero-order valence-corrected chi connectivity index (χ0v) is 19.4. The number of aliphatic hydroxyl groups is 2. The van der Waals surface area contributed by atoms with Crippen LogP contribution < -0.4 is 0 Å². The largest absolute Gasteiger partial charge is 0.400 e. The lowest BCUT2D eigenvalue weighted by atomic mass is 9.89. The van der Waals surface area contributed by atoms with Gasteiger partial charge in [0.05, 0.1) is 12.2 Å². The van der Waals surface area contributed by atoms with Crippen molar-refractivity contribution in [2.24, 2.45) is 11.8 Å². The summed E-state index contributed by atoms with van der Waals surface area (Å²) in [6.45, 7) is 13.0. The van der Waals surface area contributed by atoms with Gasteiger partial charge in [-0.3, -0.25) is 0 Å². The van der Waals surface area contributed by atoms with E-state index in [-0.39, 0.29) is 6.10 Å². The highest BCUT2D eigenvalue weighted by molar-refractivity contribution is 7.09. The predicted molar refractivity (Wildman–Crippen MR) is 116 cm³/mol. The molecular weight excluding hydrogens is 331 g/mol. The SMILES string of the molecule is CC1CCCC(O)C1.CC1CCCC(OP)C1.CCC.CCC.CO. The van der Waals surface area contributed by atoms with Gasteiger partial charge in [-0.25, -0.2) is 0 Å². The molecule has 0 bridgehead atoms. The maximum absolute atomic E-state index is 9.08. The highest BCUT2D eigenvalue weighted by Gasteiger charge is 2.17. The fourth-order valence-corrected chi connectivity index (χ4v) is 3.15. The minimum absolute atomic E-state index is 0.0127. The van der Waals surface area contributed by atoms with E-state index in [1.54, 1.807) is 0 Å². The van der Waals surface area contributed by atoms with E-state index in [1.165, 1.54) is 51.4 Å². The molecule has 4 heteroatoms. The van der Waals surface area contributed by atoms with Crippen molar-refractivity contribution in [3.63, 3.8) is 0 Å². The zero-order chi connectivity index (χ0) is 20.1. The second-order valence-electron chi connectivity index (χ2n) is 7.37. The molecule has 156 valence electrons. The number of hydrogen-bond acceptors (Lipinski definition) is 3.